The molecule has 0 radical (unpaired) electrons. The molecule has 0 aliphatic rings. The molecule has 1 unspecified atom stereocenters. The minimum absolute atomic E-state index is 0.0238. The predicted octanol–water partition coefficient (Wildman–Crippen LogP) is 2.11. The van der Waals surface area contributed by atoms with Gasteiger partial charge in [0.2, 0.25) is 0 Å². The number of aliphatic carboxylic acids is 1. The molecule has 0 aromatic heterocycles. The highest BCUT2D eigenvalue weighted by Crippen LogP contribution is 2.17. The Morgan fingerprint density at radius 2 is 1.95 bits per heavy atom. The molecule has 1 atom stereocenters. The van der Waals surface area contributed by atoms with Gasteiger partial charge in [-0.15, -0.1) is 0 Å². The predicted molar refractivity (Wildman–Crippen MR) is 73.6 cm³/mol. The van der Waals surface area contributed by atoms with Crippen LogP contribution in [0.5, 0.6) is 5.75 Å². The Kier molecular flexibility index (Phi) is 6.15. The molecule has 3 N–H and O–H groups in total. The van der Waals surface area contributed by atoms with E-state index in [9.17, 15) is 9.90 Å². The molecule has 0 heterocycles. The molecule has 1 rings (SSSR count). The third kappa shape index (κ3) is 6.67. The normalized spacial score (nSPS) is 12.2. The summed E-state index contributed by atoms with van der Waals surface area (Å²) >= 11 is 0. The Morgan fingerprint density at radius 1 is 1.32 bits per heavy atom. The fourth-order valence-corrected chi connectivity index (χ4v) is 1.55. The highest BCUT2D eigenvalue weighted by atomic mass is 16.5. The van der Waals surface area contributed by atoms with Gasteiger partial charge >= 0.3 is 5.97 Å². The monoisotopic (exact) mass is 267 g/mol. The Balaban J connectivity index is 2.35. The van der Waals surface area contributed by atoms with E-state index < -0.39 is 12.1 Å². The summed E-state index contributed by atoms with van der Waals surface area (Å²) in [6, 6.07) is 7.43. The van der Waals surface area contributed by atoms with Gasteiger partial charge in [0, 0.05) is 18.7 Å². The molecule has 5 heteroatoms. The van der Waals surface area contributed by atoms with Crippen LogP contribution < -0.4 is 10.1 Å². The van der Waals surface area contributed by atoms with Crippen molar-refractivity contribution in [3.05, 3.63) is 24.3 Å². The lowest BCUT2D eigenvalue weighted by Gasteiger charge is -2.13. The molecule has 1 aromatic carbocycles. The van der Waals surface area contributed by atoms with Gasteiger partial charge in [0.25, 0.3) is 0 Å². The van der Waals surface area contributed by atoms with Crippen LogP contribution in [0, 0.1) is 0 Å². The summed E-state index contributed by atoms with van der Waals surface area (Å²) in [5.74, 6) is -0.0961. The van der Waals surface area contributed by atoms with Gasteiger partial charge in [0.15, 0.2) is 0 Å². The van der Waals surface area contributed by atoms with Crippen molar-refractivity contribution in [2.24, 2.45) is 0 Å². The minimum atomic E-state index is -0.894. The Hall–Kier alpha value is -1.75. The Bertz CT molecular complexity index is 389. The second-order valence-electron chi connectivity index (χ2n) is 4.66. The first kappa shape index (κ1) is 15.3. The highest BCUT2D eigenvalue weighted by molar-refractivity contribution is 5.66. The van der Waals surface area contributed by atoms with Crippen molar-refractivity contribution < 1.29 is 19.7 Å². The number of carboxylic acid groups (broad SMARTS) is 1. The molecule has 0 amide bonds. The van der Waals surface area contributed by atoms with Gasteiger partial charge in [-0.2, -0.15) is 0 Å². The second-order valence-corrected chi connectivity index (χ2v) is 4.66. The third-order valence-electron chi connectivity index (χ3n) is 2.46. The molecule has 0 bridgehead atoms. The van der Waals surface area contributed by atoms with E-state index in [2.05, 4.69) is 5.32 Å². The summed E-state index contributed by atoms with van der Waals surface area (Å²) in [7, 11) is 0. The maximum absolute atomic E-state index is 10.4. The number of carboxylic acids is 1. The molecular formula is C14H21NO4. The zero-order valence-corrected chi connectivity index (χ0v) is 11.3. The van der Waals surface area contributed by atoms with Gasteiger partial charge in [0.05, 0.1) is 12.2 Å². The highest BCUT2D eigenvalue weighted by Gasteiger charge is 2.07. The fraction of sp³-hybridized carbons (Fsp3) is 0.500. The van der Waals surface area contributed by atoms with E-state index in [0.717, 1.165) is 11.4 Å². The SMILES string of the molecule is CC(C)Oc1ccc(NCC(O)CCC(=O)O)cc1. The molecule has 0 aliphatic heterocycles. The van der Waals surface area contributed by atoms with E-state index >= 15 is 0 Å². The molecule has 19 heavy (non-hydrogen) atoms. The molecule has 0 saturated carbocycles. The number of aliphatic hydroxyl groups is 1. The molecular weight excluding hydrogens is 246 g/mol. The number of ether oxygens (including phenoxy) is 1. The summed E-state index contributed by atoms with van der Waals surface area (Å²) in [4.78, 5) is 10.4. The van der Waals surface area contributed by atoms with E-state index in [1.165, 1.54) is 0 Å². The summed E-state index contributed by atoms with van der Waals surface area (Å²) < 4.78 is 5.52. The number of aliphatic hydroxyl groups excluding tert-OH is 1. The van der Waals surface area contributed by atoms with Crippen LogP contribution >= 0.6 is 0 Å². The van der Waals surface area contributed by atoms with Gasteiger partial charge < -0.3 is 20.3 Å². The lowest BCUT2D eigenvalue weighted by atomic mass is 10.2. The van der Waals surface area contributed by atoms with Crippen LogP contribution in [0.25, 0.3) is 0 Å². The van der Waals surface area contributed by atoms with Gasteiger partial charge in [-0.3, -0.25) is 4.79 Å². The molecule has 0 spiro atoms. The average Bonchev–Trinajstić information content (AvgIpc) is 2.35. The fourth-order valence-electron chi connectivity index (χ4n) is 1.55. The largest absolute Gasteiger partial charge is 0.491 e. The minimum Gasteiger partial charge on any atom is -0.491 e. The quantitative estimate of drug-likeness (QED) is 0.672. The summed E-state index contributed by atoms with van der Waals surface area (Å²) in [6.45, 7) is 4.26. The number of hydrogen-bond acceptors (Lipinski definition) is 4. The van der Waals surface area contributed by atoms with Crippen molar-refractivity contribution in [2.75, 3.05) is 11.9 Å². The van der Waals surface area contributed by atoms with Crippen LogP contribution in [-0.4, -0.2) is 34.9 Å². The molecule has 0 saturated heterocycles. The molecule has 0 fully saturated rings. The maximum Gasteiger partial charge on any atom is 0.303 e. The molecule has 5 nitrogen and oxygen atoms in total. The lowest BCUT2D eigenvalue weighted by Crippen LogP contribution is -2.20. The average molecular weight is 267 g/mol. The van der Waals surface area contributed by atoms with Crippen molar-refractivity contribution in [1.82, 2.24) is 0 Å². The van der Waals surface area contributed by atoms with Crippen LogP contribution in [0.2, 0.25) is 0 Å². The Morgan fingerprint density at radius 3 is 2.47 bits per heavy atom. The number of carbonyl (C=O) groups is 1. The standard InChI is InChI=1S/C14H21NO4/c1-10(2)19-13-6-3-11(4-7-13)15-9-12(16)5-8-14(17)18/h3-4,6-7,10,12,15-16H,5,8-9H2,1-2H3,(H,17,18). The summed E-state index contributed by atoms with van der Waals surface area (Å²) in [5.41, 5.74) is 0.866. The van der Waals surface area contributed by atoms with E-state index in [1.807, 2.05) is 38.1 Å². The van der Waals surface area contributed by atoms with E-state index in [1.54, 1.807) is 0 Å². The smallest absolute Gasteiger partial charge is 0.303 e. The van der Waals surface area contributed by atoms with Crippen LogP contribution in [0.4, 0.5) is 5.69 Å². The van der Waals surface area contributed by atoms with E-state index in [4.69, 9.17) is 9.84 Å². The van der Waals surface area contributed by atoms with Crippen LogP contribution in [0.1, 0.15) is 26.7 Å². The van der Waals surface area contributed by atoms with Crippen LogP contribution in [-0.2, 0) is 4.79 Å². The first-order valence-corrected chi connectivity index (χ1v) is 6.38. The van der Waals surface area contributed by atoms with Crippen molar-refractivity contribution in [1.29, 1.82) is 0 Å². The van der Waals surface area contributed by atoms with Crippen molar-refractivity contribution in [3.8, 4) is 5.75 Å². The third-order valence-corrected chi connectivity index (χ3v) is 2.46. The van der Waals surface area contributed by atoms with Crippen LogP contribution in [0.3, 0.4) is 0 Å². The summed E-state index contributed by atoms with van der Waals surface area (Å²) in [5, 5.41) is 21.1. The van der Waals surface area contributed by atoms with Gasteiger partial charge in [-0.25, -0.2) is 0 Å². The lowest BCUT2D eigenvalue weighted by molar-refractivity contribution is -0.137. The van der Waals surface area contributed by atoms with Gasteiger partial charge in [-0.05, 0) is 44.5 Å². The van der Waals surface area contributed by atoms with Crippen molar-refractivity contribution in [2.45, 2.75) is 38.9 Å². The number of rotatable bonds is 8. The van der Waals surface area contributed by atoms with Crippen LogP contribution in [0.15, 0.2) is 24.3 Å². The molecule has 1 aromatic rings. The molecule has 106 valence electrons. The van der Waals surface area contributed by atoms with E-state index in [0.29, 0.717) is 6.54 Å². The maximum atomic E-state index is 10.4. The Labute approximate surface area is 113 Å². The molecule has 0 aliphatic carbocycles. The van der Waals surface area contributed by atoms with Crippen molar-refractivity contribution >= 4 is 11.7 Å². The van der Waals surface area contributed by atoms with Gasteiger partial charge in [-0.1, -0.05) is 0 Å². The summed E-state index contributed by atoms with van der Waals surface area (Å²) in [6.07, 6.45) is -0.305. The zero-order valence-electron chi connectivity index (χ0n) is 11.3. The topological polar surface area (TPSA) is 78.8 Å². The first-order valence-electron chi connectivity index (χ1n) is 6.38. The number of hydrogen-bond donors (Lipinski definition) is 3. The number of anilines is 1. The van der Waals surface area contributed by atoms with Gasteiger partial charge in [0.1, 0.15) is 5.75 Å². The second kappa shape index (κ2) is 7.63. The number of benzene rings is 1. The zero-order chi connectivity index (χ0) is 14.3. The number of nitrogens with one attached hydrogen (secondary N) is 1. The van der Waals surface area contributed by atoms with E-state index in [-0.39, 0.29) is 18.9 Å². The first-order chi connectivity index (χ1) is 8.97. The van der Waals surface area contributed by atoms with Crippen molar-refractivity contribution in [3.63, 3.8) is 0 Å².